The van der Waals surface area contributed by atoms with Crippen LogP contribution in [0.25, 0.3) is 0 Å². The van der Waals surface area contributed by atoms with E-state index in [9.17, 15) is 4.79 Å². The maximum absolute atomic E-state index is 12.4. The molecule has 1 aliphatic heterocycles. The summed E-state index contributed by atoms with van der Waals surface area (Å²) in [7, 11) is 0. The van der Waals surface area contributed by atoms with Gasteiger partial charge >= 0.3 is 0 Å². The maximum atomic E-state index is 12.4. The SMILES string of the molecule is NC1CC2CC(C(=O)NCc3cccc4c3CCNC4)CC12. The molecule has 2 aliphatic carbocycles. The van der Waals surface area contributed by atoms with Crippen LogP contribution in [0, 0.1) is 17.8 Å². The first-order chi connectivity index (χ1) is 10.7. The molecule has 0 spiro atoms. The Morgan fingerprint density at radius 1 is 1.32 bits per heavy atom. The van der Waals surface area contributed by atoms with Gasteiger partial charge in [0.25, 0.3) is 0 Å². The van der Waals surface area contributed by atoms with Crippen LogP contribution >= 0.6 is 0 Å². The van der Waals surface area contributed by atoms with Gasteiger partial charge in [0.1, 0.15) is 0 Å². The topological polar surface area (TPSA) is 67.2 Å². The summed E-state index contributed by atoms with van der Waals surface area (Å²) in [4.78, 5) is 12.4. The molecule has 4 rings (SSSR count). The molecule has 4 N–H and O–H groups in total. The van der Waals surface area contributed by atoms with Crippen molar-refractivity contribution in [1.82, 2.24) is 10.6 Å². The number of nitrogens with one attached hydrogen (secondary N) is 2. The van der Waals surface area contributed by atoms with Gasteiger partial charge in [0.05, 0.1) is 0 Å². The number of hydrogen-bond donors (Lipinski definition) is 3. The van der Waals surface area contributed by atoms with Crippen molar-refractivity contribution in [3.05, 3.63) is 34.9 Å². The zero-order valence-electron chi connectivity index (χ0n) is 13.0. The molecule has 4 heteroatoms. The van der Waals surface area contributed by atoms with Crippen LogP contribution in [-0.2, 0) is 24.3 Å². The fourth-order valence-corrected chi connectivity index (χ4v) is 4.60. The van der Waals surface area contributed by atoms with Gasteiger partial charge in [-0.3, -0.25) is 4.79 Å². The van der Waals surface area contributed by atoms with Crippen molar-refractivity contribution in [3.8, 4) is 0 Å². The van der Waals surface area contributed by atoms with Crippen LogP contribution in [0.2, 0.25) is 0 Å². The molecule has 118 valence electrons. The van der Waals surface area contributed by atoms with E-state index < -0.39 is 0 Å². The second-order valence-corrected chi connectivity index (χ2v) is 7.19. The standard InChI is InChI=1S/C18H25N3O/c19-17-8-13-6-14(7-16(13)17)18(22)21-10-12-3-1-2-11-9-20-5-4-15(11)12/h1-3,13-14,16-17,20H,4-10,19H2,(H,21,22). The van der Waals surface area contributed by atoms with Crippen molar-refractivity contribution in [3.63, 3.8) is 0 Å². The minimum absolute atomic E-state index is 0.185. The van der Waals surface area contributed by atoms with Crippen LogP contribution in [0.4, 0.5) is 0 Å². The van der Waals surface area contributed by atoms with E-state index in [2.05, 4.69) is 28.8 Å². The quantitative estimate of drug-likeness (QED) is 0.788. The minimum Gasteiger partial charge on any atom is -0.352 e. The smallest absolute Gasteiger partial charge is 0.223 e. The Hall–Kier alpha value is -1.39. The number of amides is 1. The summed E-state index contributed by atoms with van der Waals surface area (Å²) >= 11 is 0. The monoisotopic (exact) mass is 299 g/mol. The average molecular weight is 299 g/mol. The lowest BCUT2D eigenvalue weighted by molar-refractivity contribution is -0.125. The van der Waals surface area contributed by atoms with E-state index in [1.807, 2.05) is 0 Å². The molecule has 4 unspecified atom stereocenters. The van der Waals surface area contributed by atoms with Crippen LogP contribution in [-0.4, -0.2) is 18.5 Å². The zero-order valence-corrected chi connectivity index (χ0v) is 13.0. The second-order valence-electron chi connectivity index (χ2n) is 7.19. The maximum Gasteiger partial charge on any atom is 0.223 e. The lowest BCUT2D eigenvalue weighted by Gasteiger charge is -2.37. The molecule has 3 aliphatic rings. The van der Waals surface area contributed by atoms with Crippen LogP contribution in [0.3, 0.4) is 0 Å². The highest BCUT2D eigenvalue weighted by Crippen LogP contribution is 2.48. The first-order valence-corrected chi connectivity index (χ1v) is 8.56. The number of carbonyl (C=O) groups excluding carboxylic acids is 1. The predicted molar refractivity (Wildman–Crippen MR) is 86.0 cm³/mol. The van der Waals surface area contributed by atoms with Crippen molar-refractivity contribution in [1.29, 1.82) is 0 Å². The fourth-order valence-electron chi connectivity index (χ4n) is 4.60. The Bertz CT molecular complexity index is 586. The number of rotatable bonds is 3. The summed E-state index contributed by atoms with van der Waals surface area (Å²) in [6, 6.07) is 6.78. The van der Waals surface area contributed by atoms with Crippen LogP contribution in [0.1, 0.15) is 36.0 Å². The number of benzene rings is 1. The molecule has 0 bridgehead atoms. The molecule has 1 aromatic carbocycles. The summed E-state index contributed by atoms with van der Waals surface area (Å²) < 4.78 is 0. The van der Waals surface area contributed by atoms with Crippen molar-refractivity contribution in [2.75, 3.05) is 6.54 Å². The van der Waals surface area contributed by atoms with Crippen molar-refractivity contribution in [2.24, 2.45) is 23.5 Å². The third kappa shape index (κ3) is 2.44. The number of fused-ring (bicyclic) bond motifs is 2. The Kier molecular flexibility index (Phi) is 3.66. The molecular formula is C18H25N3O. The summed E-state index contributed by atoms with van der Waals surface area (Å²) in [5, 5.41) is 6.57. The highest BCUT2D eigenvalue weighted by Gasteiger charge is 2.47. The molecular weight excluding hydrogens is 274 g/mol. The Morgan fingerprint density at radius 3 is 3.05 bits per heavy atom. The molecule has 0 saturated heterocycles. The van der Waals surface area contributed by atoms with Gasteiger partial charge in [-0.15, -0.1) is 0 Å². The molecule has 0 aromatic heterocycles. The highest BCUT2D eigenvalue weighted by atomic mass is 16.1. The van der Waals surface area contributed by atoms with Gasteiger partial charge in [-0.05, 0) is 60.8 Å². The van der Waals surface area contributed by atoms with E-state index in [0.29, 0.717) is 24.4 Å². The van der Waals surface area contributed by atoms with Crippen LogP contribution < -0.4 is 16.4 Å². The first kappa shape index (κ1) is 14.2. The normalized spacial score (nSPS) is 32.8. The lowest BCUT2D eigenvalue weighted by atomic mass is 9.72. The van der Waals surface area contributed by atoms with E-state index in [1.54, 1.807) is 0 Å². The third-order valence-electron chi connectivity index (χ3n) is 5.94. The largest absolute Gasteiger partial charge is 0.352 e. The van der Waals surface area contributed by atoms with Gasteiger partial charge in [0, 0.05) is 25.0 Å². The predicted octanol–water partition coefficient (Wildman–Crippen LogP) is 1.32. The van der Waals surface area contributed by atoms with Crippen molar-refractivity contribution < 1.29 is 4.79 Å². The number of carbonyl (C=O) groups is 1. The van der Waals surface area contributed by atoms with E-state index >= 15 is 0 Å². The number of hydrogen-bond acceptors (Lipinski definition) is 3. The molecule has 2 fully saturated rings. The van der Waals surface area contributed by atoms with E-state index in [4.69, 9.17) is 5.73 Å². The Balaban J connectivity index is 1.38. The lowest BCUT2D eigenvalue weighted by Crippen LogP contribution is -2.44. The minimum atomic E-state index is 0.185. The molecule has 0 radical (unpaired) electrons. The van der Waals surface area contributed by atoms with Crippen molar-refractivity contribution >= 4 is 5.91 Å². The Labute approximate surface area is 131 Å². The fraction of sp³-hybridized carbons (Fsp3) is 0.611. The Morgan fingerprint density at radius 2 is 2.23 bits per heavy atom. The van der Waals surface area contributed by atoms with Gasteiger partial charge in [-0.2, -0.15) is 0 Å². The van der Waals surface area contributed by atoms with Gasteiger partial charge < -0.3 is 16.4 Å². The molecule has 22 heavy (non-hydrogen) atoms. The summed E-state index contributed by atoms with van der Waals surface area (Å²) in [6.07, 6.45) is 4.22. The second kappa shape index (κ2) is 5.67. The molecule has 4 nitrogen and oxygen atoms in total. The molecule has 1 heterocycles. The molecule has 2 saturated carbocycles. The van der Waals surface area contributed by atoms with Crippen molar-refractivity contribution in [2.45, 2.75) is 44.8 Å². The van der Waals surface area contributed by atoms with E-state index in [-0.39, 0.29) is 11.8 Å². The van der Waals surface area contributed by atoms with Crippen LogP contribution in [0.5, 0.6) is 0 Å². The molecule has 1 amide bonds. The number of nitrogens with two attached hydrogens (primary N) is 1. The summed E-state index contributed by atoms with van der Waals surface area (Å²) in [5.74, 6) is 1.73. The summed E-state index contributed by atoms with van der Waals surface area (Å²) in [5.41, 5.74) is 10.1. The first-order valence-electron chi connectivity index (χ1n) is 8.56. The third-order valence-corrected chi connectivity index (χ3v) is 5.94. The van der Waals surface area contributed by atoms with E-state index in [0.717, 1.165) is 38.8 Å². The summed E-state index contributed by atoms with van der Waals surface area (Å²) in [6.45, 7) is 2.64. The van der Waals surface area contributed by atoms with E-state index in [1.165, 1.54) is 16.7 Å². The van der Waals surface area contributed by atoms with Crippen LogP contribution in [0.15, 0.2) is 18.2 Å². The zero-order chi connectivity index (χ0) is 15.1. The molecule has 4 atom stereocenters. The van der Waals surface area contributed by atoms with Gasteiger partial charge in [-0.25, -0.2) is 0 Å². The average Bonchev–Trinajstić information content (AvgIpc) is 2.90. The molecule has 1 aromatic rings. The van der Waals surface area contributed by atoms with Gasteiger partial charge in [-0.1, -0.05) is 18.2 Å². The van der Waals surface area contributed by atoms with Gasteiger partial charge in [0.15, 0.2) is 0 Å². The highest BCUT2D eigenvalue weighted by molar-refractivity contribution is 5.79. The van der Waals surface area contributed by atoms with Gasteiger partial charge in [0.2, 0.25) is 5.91 Å².